The Morgan fingerprint density at radius 2 is 1.79 bits per heavy atom. The van der Waals surface area contributed by atoms with Crippen LogP contribution >= 0.6 is 11.8 Å². The largest absolute Gasteiger partial charge is 0.493 e. The minimum atomic E-state index is 0.406. The van der Waals surface area contributed by atoms with Gasteiger partial charge in [-0.1, -0.05) is 37.1 Å². The van der Waals surface area contributed by atoms with Crippen molar-refractivity contribution in [2.24, 2.45) is 0 Å². The summed E-state index contributed by atoms with van der Waals surface area (Å²) in [5.74, 6) is 3.04. The predicted molar refractivity (Wildman–Crippen MR) is 130 cm³/mol. The Morgan fingerprint density at radius 1 is 0.970 bits per heavy atom. The molecule has 0 saturated heterocycles. The van der Waals surface area contributed by atoms with Gasteiger partial charge >= 0.3 is 0 Å². The summed E-state index contributed by atoms with van der Waals surface area (Å²) in [5, 5.41) is 10.2. The van der Waals surface area contributed by atoms with Gasteiger partial charge in [0.1, 0.15) is 5.65 Å². The molecule has 0 radical (unpaired) electrons. The highest BCUT2D eigenvalue weighted by Crippen LogP contribution is 2.38. The maximum atomic E-state index is 5.53. The molecule has 8 heteroatoms. The van der Waals surface area contributed by atoms with Crippen molar-refractivity contribution < 1.29 is 9.47 Å². The van der Waals surface area contributed by atoms with Gasteiger partial charge < -0.3 is 13.9 Å². The smallest absolute Gasteiger partial charge is 0.192 e. The number of nitrogens with zero attached hydrogens (tertiary/aromatic N) is 5. The molecule has 0 atom stereocenters. The van der Waals surface area contributed by atoms with E-state index in [0.717, 1.165) is 46.5 Å². The molecule has 172 valence electrons. The standard InChI is InChI=1S/C25H29N5O2S/c1-17-9-12-23-26-19(15-29(23)14-17)16-33-25-28-27-24(30(25)20-7-5-4-6-8-20)18-10-11-21(31-2)22(13-18)32-3/h9-15,20H,4-8,16H2,1-3H3. The molecule has 3 aromatic heterocycles. The van der Waals surface area contributed by atoms with E-state index in [9.17, 15) is 0 Å². The van der Waals surface area contributed by atoms with Gasteiger partial charge in [-0.3, -0.25) is 4.57 Å². The Bertz CT molecular complexity index is 1260. The molecule has 0 amide bonds. The predicted octanol–water partition coefficient (Wildman–Crippen LogP) is 5.72. The summed E-state index contributed by atoms with van der Waals surface area (Å²) in [6.45, 7) is 2.09. The van der Waals surface area contributed by atoms with Crippen LogP contribution in [-0.2, 0) is 5.75 Å². The Morgan fingerprint density at radius 3 is 2.58 bits per heavy atom. The number of rotatable bonds is 7. The highest BCUT2D eigenvalue weighted by atomic mass is 32.2. The summed E-state index contributed by atoms with van der Waals surface area (Å²) < 4.78 is 15.4. The lowest BCUT2D eigenvalue weighted by Gasteiger charge is -2.25. The first-order chi connectivity index (χ1) is 16.2. The first-order valence-electron chi connectivity index (χ1n) is 11.4. The normalized spacial score (nSPS) is 14.6. The highest BCUT2D eigenvalue weighted by Gasteiger charge is 2.24. The van der Waals surface area contributed by atoms with E-state index < -0.39 is 0 Å². The van der Waals surface area contributed by atoms with Crippen molar-refractivity contribution in [1.29, 1.82) is 0 Å². The van der Waals surface area contributed by atoms with Crippen LogP contribution in [0.3, 0.4) is 0 Å². The lowest BCUT2D eigenvalue weighted by atomic mass is 9.95. The molecule has 5 rings (SSSR count). The van der Waals surface area contributed by atoms with E-state index >= 15 is 0 Å². The van der Waals surface area contributed by atoms with Crippen LogP contribution < -0.4 is 9.47 Å². The van der Waals surface area contributed by atoms with Crippen molar-refractivity contribution in [1.82, 2.24) is 24.1 Å². The van der Waals surface area contributed by atoms with Crippen molar-refractivity contribution in [3.05, 3.63) is 54.0 Å². The molecular formula is C25H29N5O2S. The molecule has 0 unspecified atom stereocenters. The Kier molecular flexibility index (Phi) is 6.26. The molecule has 3 heterocycles. The molecule has 1 fully saturated rings. The number of hydrogen-bond acceptors (Lipinski definition) is 6. The number of ether oxygens (including phenoxy) is 2. The van der Waals surface area contributed by atoms with Crippen LogP contribution in [0, 0.1) is 6.92 Å². The first kappa shape index (κ1) is 21.8. The molecule has 0 spiro atoms. The zero-order chi connectivity index (χ0) is 22.8. The second-order valence-electron chi connectivity index (χ2n) is 8.53. The van der Waals surface area contributed by atoms with Gasteiger partial charge in [0, 0.05) is 29.8 Å². The number of imidazole rings is 1. The molecule has 1 aliphatic carbocycles. The zero-order valence-corrected chi connectivity index (χ0v) is 20.1. The number of aromatic nitrogens is 5. The Labute approximate surface area is 198 Å². The number of fused-ring (bicyclic) bond motifs is 1. The lowest BCUT2D eigenvalue weighted by Crippen LogP contribution is -2.15. The number of thioether (sulfide) groups is 1. The fraction of sp³-hybridized carbons (Fsp3) is 0.400. The van der Waals surface area contributed by atoms with Gasteiger partial charge in [0.15, 0.2) is 22.5 Å². The van der Waals surface area contributed by atoms with Crippen molar-refractivity contribution in [2.45, 2.75) is 56.0 Å². The minimum absolute atomic E-state index is 0.406. The van der Waals surface area contributed by atoms with Crippen LogP contribution in [0.5, 0.6) is 11.5 Å². The summed E-state index contributed by atoms with van der Waals surface area (Å²) in [7, 11) is 3.31. The maximum absolute atomic E-state index is 5.53. The van der Waals surface area contributed by atoms with Crippen molar-refractivity contribution in [3.8, 4) is 22.9 Å². The van der Waals surface area contributed by atoms with Crippen LogP contribution in [0.15, 0.2) is 47.9 Å². The van der Waals surface area contributed by atoms with Crippen LogP contribution in [0.4, 0.5) is 0 Å². The third-order valence-electron chi connectivity index (χ3n) is 6.24. The van der Waals surface area contributed by atoms with E-state index in [1.165, 1.54) is 24.8 Å². The Hall–Kier alpha value is -3.00. The summed E-state index contributed by atoms with van der Waals surface area (Å²) >= 11 is 1.70. The fourth-order valence-electron chi connectivity index (χ4n) is 4.58. The molecule has 33 heavy (non-hydrogen) atoms. The third kappa shape index (κ3) is 4.44. The van der Waals surface area contributed by atoms with Gasteiger partial charge in [0.25, 0.3) is 0 Å². The average Bonchev–Trinajstić information content (AvgIpc) is 3.46. The molecule has 1 aromatic carbocycles. The second-order valence-corrected chi connectivity index (χ2v) is 9.47. The third-order valence-corrected chi connectivity index (χ3v) is 7.22. The summed E-state index contributed by atoms with van der Waals surface area (Å²) in [6, 6.07) is 10.5. The Balaban J connectivity index is 1.47. The minimum Gasteiger partial charge on any atom is -0.493 e. The highest BCUT2D eigenvalue weighted by molar-refractivity contribution is 7.98. The SMILES string of the molecule is COc1ccc(-c2nnc(SCc3cn4cc(C)ccc4n3)n2C2CCCCC2)cc1OC. The quantitative estimate of drug-likeness (QED) is 0.327. The van der Waals surface area contributed by atoms with Gasteiger partial charge in [-0.05, 0) is 49.6 Å². The summed E-state index contributed by atoms with van der Waals surface area (Å²) in [5.41, 5.74) is 4.21. The molecular weight excluding hydrogens is 434 g/mol. The van der Waals surface area contributed by atoms with Gasteiger partial charge in [0.05, 0.1) is 19.9 Å². The van der Waals surface area contributed by atoms with Crippen LogP contribution in [0.25, 0.3) is 17.0 Å². The van der Waals surface area contributed by atoms with Gasteiger partial charge in [-0.2, -0.15) is 0 Å². The first-order valence-corrected chi connectivity index (χ1v) is 12.4. The topological polar surface area (TPSA) is 66.5 Å². The number of aryl methyl sites for hydroxylation is 1. The van der Waals surface area contributed by atoms with Gasteiger partial charge in [-0.25, -0.2) is 4.98 Å². The molecule has 1 saturated carbocycles. The van der Waals surface area contributed by atoms with E-state index in [2.05, 4.69) is 50.6 Å². The van der Waals surface area contributed by atoms with Crippen LogP contribution in [0.2, 0.25) is 0 Å². The molecule has 7 nitrogen and oxygen atoms in total. The van der Waals surface area contributed by atoms with Crippen molar-refractivity contribution >= 4 is 17.4 Å². The molecule has 0 aliphatic heterocycles. The maximum Gasteiger partial charge on any atom is 0.192 e. The van der Waals surface area contributed by atoms with Crippen molar-refractivity contribution in [3.63, 3.8) is 0 Å². The number of hydrogen-bond donors (Lipinski definition) is 0. The summed E-state index contributed by atoms with van der Waals surface area (Å²) in [4.78, 5) is 4.77. The van der Waals surface area contributed by atoms with E-state index in [1.54, 1.807) is 26.0 Å². The lowest BCUT2D eigenvalue weighted by molar-refractivity contribution is 0.339. The van der Waals surface area contributed by atoms with E-state index in [-0.39, 0.29) is 0 Å². The van der Waals surface area contributed by atoms with E-state index in [4.69, 9.17) is 14.5 Å². The molecule has 0 bridgehead atoms. The van der Waals surface area contributed by atoms with Crippen LogP contribution in [0.1, 0.15) is 49.4 Å². The number of methoxy groups -OCH3 is 2. The monoisotopic (exact) mass is 463 g/mol. The summed E-state index contributed by atoms with van der Waals surface area (Å²) in [6.07, 6.45) is 10.3. The van der Waals surface area contributed by atoms with Gasteiger partial charge in [-0.15, -0.1) is 10.2 Å². The molecule has 4 aromatic rings. The number of benzene rings is 1. The van der Waals surface area contributed by atoms with E-state index in [1.807, 2.05) is 18.2 Å². The van der Waals surface area contributed by atoms with E-state index in [0.29, 0.717) is 17.5 Å². The zero-order valence-electron chi connectivity index (χ0n) is 19.3. The van der Waals surface area contributed by atoms with Crippen molar-refractivity contribution in [2.75, 3.05) is 14.2 Å². The van der Waals surface area contributed by atoms with Crippen LogP contribution in [-0.4, -0.2) is 38.4 Å². The molecule has 1 aliphatic rings. The number of pyridine rings is 1. The fourth-order valence-corrected chi connectivity index (χ4v) is 5.47. The average molecular weight is 464 g/mol. The second kappa shape index (κ2) is 9.47. The van der Waals surface area contributed by atoms with Gasteiger partial charge in [0.2, 0.25) is 0 Å². The molecule has 0 N–H and O–H groups in total.